The molecule has 8 nitrogen and oxygen atoms in total. The Morgan fingerprint density at radius 2 is 1.62 bits per heavy atom. The Labute approximate surface area is 156 Å². The molecule has 24 heavy (non-hydrogen) atoms. The van der Waals surface area contributed by atoms with Crippen LogP contribution < -0.4 is 5.32 Å². The molecule has 1 rings (SSSR count). The maximum absolute atomic E-state index is 10.9. The number of anilines is 1. The van der Waals surface area contributed by atoms with Crippen molar-refractivity contribution in [1.29, 1.82) is 0 Å². The van der Waals surface area contributed by atoms with Crippen LogP contribution in [0.15, 0.2) is 0 Å². The highest BCUT2D eigenvalue weighted by Crippen LogP contribution is 2.24. The minimum atomic E-state index is -3.48. The van der Waals surface area contributed by atoms with Crippen LogP contribution in [0.5, 0.6) is 0 Å². The summed E-state index contributed by atoms with van der Waals surface area (Å²) in [6.45, 7) is 3.83. The number of hydrogen-bond acceptors (Lipinski definition) is 8. The van der Waals surface area contributed by atoms with Gasteiger partial charge in [0.15, 0.2) is 0 Å². The molecule has 1 N–H and O–H groups in total. The van der Waals surface area contributed by atoms with Crippen molar-refractivity contribution >= 4 is 58.9 Å². The molecule has 0 saturated carbocycles. The van der Waals surface area contributed by atoms with Gasteiger partial charge in [-0.15, -0.1) is 0 Å². The molecule has 1 heterocycles. The summed E-state index contributed by atoms with van der Waals surface area (Å²) in [6, 6.07) is 0.122. The molecule has 0 aliphatic rings. The van der Waals surface area contributed by atoms with Crippen LogP contribution in [0, 0.1) is 0 Å². The third kappa shape index (κ3) is 13.0. The molecule has 140 valence electrons. The van der Waals surface area contributed by atoms with E-state index in [-0.39, 0.29) is 29.5 Å². The summed E-state index contributed by atoms with van der Waals surface area (Å²) in [7, 11) is -2.17. The first-order chi connectivity index (χ1) is 10.7. The maximum Gasteiger partial charge on any atom is 0.264 e. The number of rotatable bonds is 6. The van der Waals surface area contributed by atoms with Crippen molar-refractivity contribution in [3.63, 3.8) is 0 Å². The van der Waals surface area contributed by atoms with Gasteiger partial charge in [-0.1, -0.05) is 11.6 Å². The van der Waals surface area contributed by atoms with E-state index in [1.54, 1.807) is 0 Å². The molecule has 13 heteroatoms. The van der Waals surface area contributed by atoms with Gasteiger partial charge in [-0.3, -0.25) is 4.18 Å². The smallest absolute Gasteiger partial charge is 0.264 e. The van der Waals surface area contributed by atoms with E-state index in [2.05, 4.69) is 30.2 Å². The monoisotopic (exact) mass is 441 g/mol. The fourth-order valence-electron chi connectivity index (χ4n) is 1.34. The quantitative estimate of drug-likeness (QED) is 0.309. The number of aromatic nitrogens is 2. The second-order valence-corrected chi connectivity index (χ2v) is 10.3. The van der Waals surface area contributed by atoms with Gasteiger partial charge in [0.05, 0.1) is 19.1 Å². The molecule has 1 aromatic rings. The lowest BCUT2D eigenvalue weighted by molar-refractivity contribution is 0.326. The molecule has 0 aromatic carbocycles. The Morgan fingerprint density at radius 3 is 2.04 bits per heavy atom. The first kappa shape index (κ1) is 23.6. The SMILES string of the molecule is CC(C)Nc1nc(Cl)nc(Cl)c1CCOS(C)(=O)=O.CS(=O)(=O)Cl. The molecule has 1 aromatic heterocycles. The molecule has 0 unspecified atom stereocenters. The van der Waals surface area contributed by atoms with E-state index in [1.807, 2.05) is 13.8 Å². The van der Waals surface area contributed by atoms with Crippen LogP contribution in [0.2, 0.25) is 10.4 Å². The van der Waals surface area contributed by atoms with Gasteiger partial charge in [0.2, 0.25) is 14.3 Å². The van der Waals surface area contributed by atoms with Crippen molar-refractivity contribution in [3.8, 4) is 0 Å². The minimum absolute atomic E-state index is 0.0286. The summed E-state index contributed by atoms with van der Waals surface area (Å²) >= 11 is 11.7. The molecule has 0 spiro atoms. The van der Waals surface area contributed by atoms with Gasteiger partial charge in [0.1, 0.15) is 11.0 Å². The summed E-state index contributed by atoms with van der Waals surface area (Å²) < 4.78 is 45.3. The fraction of sp³-hybridized carbons (Fsp3) is 0.636. The Hall–Kier alpha value is -0.390. The molecule has 0 atom stereocenters. The minimum Gasteiger partial charge on any atom is -0.367 e. The lowest BCUT2D eigenvalue weighted by Crippen LogP contribution is -2.15. The standard InChI is InChI=1S/C10H15Cl2N3O3S.CH3ClO2S/c1-6(2)13-9-7(4-5-18-19(3,16)17)8(11)14-10(12)15-9;1-5(2,3)4/h6H,4-5H2,1-3H3,(H,13,14,15);1H3. The molecule has 0 fully saturated rings. The van der Waals surface area contributed by atoms with Gasteiger partial charge in [-0.25, -0.2) is 18.4 Å². The molecule has 0 aliphatic carbocycles. The van der Waals surface area contributed by atoms with Crippen molar-refractivity contribution in [2.24, 2.45) is 0 Å². The summed E-state index contributed by atoms with van der Waals surface area (Å²) in [5.74, 6) is 0.483. The van der Waals surface area contributed by atoms with Crippen molar-refractivity contribution in [2.75, 3.05) is 24.4 Å². The van der Waals surface area contributed by atoms with Crippen LogP contribution in [0.1, 0.15) is 19.4 Å². The Bertz CT molecular complexity index is 746. The third-order valence-corrected chi connectivity index (χ3v) is 3.08. The van der Waals surface area contributed by atoms with Gasteiger partial charge >= 0.3 is 0 Å². The van der Waals surface area contributed by atoms with Crippen molar-refractivity contribution in [3.05, 3.63) is 16.0 Å². The average Bonchev–Trinajstić information content (AvgIpc) is 2.27. The second-order valence-electron chi connectivity index (χ2n) is 4.87. The van der Waals surface area contributed by atoms with E-state index < -0.39 is 19.2 Å². The molecule has 0 saturated heterocycles. The third-order valence-electron chi connectivity index (χ3n) is 2.00. The van der Waals surface area contributed by atoms with Crippen LogP contribution in [0.25, 0.3) is 0 Å². The van der Waals surface area contributed by atoms with E-state index in [9.17, 15) is 16.8 Å². The highest BCUT2D eigenvalue weighted by atomic mass is 35.7. The maximum atomic E-state index is 10.9. The zero-order valence-corrected chi connectivity index (χ0v) is 17.3. The van der Waals surface area contributed by atoms with Crippen LogP contribution in [-0.2, 0) is 29.8 Å². The van der Waals surface area contributed by atoms with Crippen molar-refractivity contribution in [2.45, 2.75) is 26.3 Å². The van der Waals surface area contributed by atoms with Crippen LogP contribution in [0.4, 0.5) is 5.82 Å². The molecule has 0 bridgehead atoms. The van der Waals surface area contributed by atoms with Crippen molar-refractivity contribution < 1.29 is 21.0 Å². The number of halogens is 3. The predicted octanol–water partition coefficient (Wildman–Crippen LogP) is 2.31. The first-order valence-electron chi connectivity index (χ1n) is 6.41. The van der Waals surface area contributed by atoms with E-state index in [0.29, 0.717) is 11.4 Å². The largest absolute Gasteiger partial charge is 0.367 e. The first-order valence-corrected chi connectivity index (χ1v) is 11.7. The normalized spacial score (nSPS) is 11.8. The van der Waals surface area contributed by atoms with Crippen LogP contribution >= 0.6 is 33.9 Å². The van der Waals surface area contributed by atoms with Gasteiger partial charge in [0, 0.05) is 28.7 Å². The number of nitrogens with zero attached hydrogens (tertiary/aromatic N) is 2. The van der Waals surface area contributed by atoms with Gasteiger partial charge in [-0.05, 0) is 25.4 Å². The topological polar surface area (TPSA) is 115 Å². The van der Waals surface area contributed by atoms with E-state index in [0.717, 1.165) is 12.5 Å². The zero-order chi connectivity index (χ0) is 19.1. The molecular weight excluding hydrogens is 425 g/mol. The highest BCUT2D eigenvalue weighted by molar-refractivity contribution is 8.13. The van der Waals surface area contributed by atoms with E-state index in [1.165, 1.54) is 0 Å². The molecule has 0 radical (unpaired) electrons. The van der Waals surface area contributed by atoms with Crippen LogP contribution in [-0.4, -0.2) is 52.0 Å². The lowest BCUT2D eigenvalue weighted by Gasteiger charge is -2.14. The Morgan fingerprint density at radius 1 is 1.12 bits per heavy atom. The van der Waals surface area contributed by atoms with Crippen molar-refractivity contribution in [1.82, 2.24) is 9.97 Å². The lowest BCUT2D eigenvalue weighted by atomic mass is 10.2. The Kier molecular flexibility index (Phi) is 9.77. The average molecular weight is 443 g/mol. The van der Waals surface area contributed by atoms with E-state index in [4.69, 9.17) is 23.2 Å². The highest BCUT2D eigenvalue weighted by Gasteiger charge is 2.14. The van der Waals surface area contributed by atoms with E-state index >= 15 is 0 Å². The number of nitrogens with one attached hydrogen (secondary N) is 1. The van der Waals surface area contributed by atoms with Gasteiger partial charge in [0.25, 0.3) is 10.1 Å². The van der Waals surface area contributed by atoms with Crippen LogP contribution in [0.3, 0.4) is 0 Å². The predicted molar refractivity (Wildman–Crippen MR) is 96.0 cm³/mol. The van der Waals surface area contributed by atoms with Gasteiger partial charge in [-0.2, -0.15) is 8.42 Å². The fourth-order valence-corrected chi connectivity index (χ4v) is 2.20. The Balaban J connectivity index is 0.000000922. The molecule has 0 aliphatic heterocycles. The second kappa shape index (κ2) is 9.93. The van der Waals surface area contributed by atoms with Gasteiger partial charge < -0.3 is 5.32 Å². The zero-order valence-electron chi connectivity index (χ0n) is 13.4. The number of hydrogen-bond donors (Lipinski definition) is 1. The molecule has 0 amide bonds. The summed E-state index contributed by atoms with van der Waals surface area (Å²) in [5.41, 5.74) is 0.573. The summed E-state index contributed by atoms with van der Waals surface area (Å²) in [6.07, 6.45) is 2.17. The molecular formula is C11H18Cl3N3O5S2. The summed E-state index contributed by atoms with van der Waals surface area (Å²) in [5, 5.41) is 3.29. The summed E-state index contributed by atoms with van der Waals surface area (Å²) in [4.78, 5) is 7.87.